The maximum atomic E-state index is 9.45. The Morgan fingerprint density at radius 1 is 1.10 bits per heavy atom. The van der Waals surface area contributed by atoms with Gasteiger partial charge in [-0.1, -0.05) is 20.3 Å². The van der Waals surface area contributed by atoms with E-state index in [9.17, 15) is 5.11 Å². The van der Waals surface area contributed by atoms with E-state index in [0.29, 0.717) is 11.8 Å². The van der Waals surface area contributed by atoms with Gasteiger partial charge in [-0.25, -0.2) is 0 Å². The molecule has 0 aromatic rings. The first-order valence-corrected chi connectivity index (χ1v) is 3.90. The molecule has 1 saturated carbocycles. The molecule has 0 aromatic heterocycles. The summed E-state index contributed by atoms with van der Waals surface area (Å²) in [6, 6.07) is 0. The van der Waals surface area contributed by atoms with Crippen LogP contribution in [-0.2, 0) is 0 Å². The van der Waals surface area contributed by atoms with Crippen molar-refractivity contribution in [2.45, 2.75) is 39.2 Å². The van der Waals surface area contributed by atoms with E-state index in [1.807, 2.05) is 0 Å². The Hall–Kier alpha value is 0.557. The van der Waals surface area contributed by atoms with Gasteiger partial charge in [0.25, 0.3) is 0 Å². The van der Waals surface area contributed by atoms with E-state index in [4.69, 9.17) is 0 Å². The third-order valence-corrected chi connectivity index (χ3v) is 2.48. The molecule has 1 nitrogen and oxygen atoms in total. The first-order chi connectivity index (χ1) is 4.22. The molecule has 0 aromatic carbocycles. The van der Waals surface area contributed by atoms with E-state index in [1.54, 1.807) is 0 Å². The number of aliphatic hydroxyl groups excluding tert-OH is 1. The van der Waals surface area contributed by atoms with Crippen molar-refractivity contribution in [3.63, 3.8) is 0 Å². The van der Waals surface area contributed by atoms with Crippen molar-refractivity contribution in [2.24, 2.45) is 11.8 Å². The minimum atomic E-state index is -0.0289. The van der Waals surface area contributed by atoms with E-state index in [0.717, 1.165) is 0 Å². The fourth-order valence-corrected chi connectivity index (χ4v) is 1.66. The van der Waals surface area contributed by atoms with Crippen molar-refractivity contribution in [1.29, 1.82) is 0 Å². The third kappa shape index (κ3) is 2.31. The summed E-state index contributed by atoms with van der Waals surface area (Å²) >= 11 is 0. The van der Waals surface area contributed by atoms with Crippen molar-refractivity contribution in [2.75, 3.05) is 0 Å². The van der Waals surface area contributed by atoms with Gasteiger partial charge < -0.3 is 5.11 Å². The Kier molecular flexibility index (Phi) is 4.69. The molecule has 0 heterocycles. The maximum Gasteiger partial charge on any atom is 0.0591 e. The van der Waals surface area contributed by atoms with E-state index in [2.05, 4.69) is 13.8 Å². The van der Waals surface area contributed by atoms with Crippen molar-refractivity contribution in [3.05, 3.63) is 0 Å². The Balaban J connectivity index is 0.000000810. The predicted molar refractivity (Wildman–Crippen MR) is 43.9 cm³/mol. The molecule has 0 aliphatic heterocycles. The number of rotatable bonds is 0. The van der Waals surface area contributed by atoms with Crippen molar-refractivity contribution < 1.29 is 5.11 Å². The number of hydrogen-bond acceptors (Lipinski definition) is 1. The van der Waals surface area contributed by atoms with E-state index < -0.39 is 0 Å². The molecule has 10 heavy (non-hydrogen) atoms. The van der Waals surface area contributed by atoms with Gasteiger partial charge in [0.15, 0.2) is 0 Å². The van der Waals surface area contributed by atoms with Crippen LogP contribution in [0.2, 0.25) is 0 Å². The van der Waals surface area contributed by atoms with Crippen LogP contribution in [0.15, 0.2) is 0 Å². The molecule has 2 atom stereocenters. The number of hydrogen-bond donors (Lipinski definition) is 1. The van der Waals surface area contributed by atoms with Crippen LogP contribution in [-0.4, -0.2) is 30.1 Å². The van der Waals surface area contributed by atoms with Crippen LogP contribution in [0.4, 0.5) is 0 Å². The topological polar surface area (TPSA) is 20.2 Å². The minimum absolute atomic E-state index is 0. The molecular weight excluding hydrogens is 119 g/mol. The second kappa shape index (κ2) is 4.44. The Labute approximate surface area is 75.4 Å². The van der Waals surface area contributed by atoms with Crippen molar-refractivity contribution >= 4 is 18.9 Å². The van der Waals surface area contributed by atoms with Crippen molar-refractivity contribution in [3.8, 4) is 0 Å². The fourth-order valence-electron chi connectivity index (χ4n) is 1.66. The SMILES string of the molecule is CC1CCCC(C)C1O.[Li]. The maximum absolute atomic E-state index is 9.45. The predicted octanol–water partition coefficient (Wildman–Crippen LogP) is 1.42. The summed E-state index contributed by atoms with van der Waals surface area (Å²) in [7, 11) is 0. The molecule has 2 unspecified atom stereocenters. The minimum Gasteiger partial charge on any atom is -0.393 e. The second-order valence-electron chi connectivity index (χ2n) is 3.38. The van der Waals surface area contributed by atoms with Crippen LogP contribution < -0.4 is 0 Å². The van der Waals surface area contributed by atoms with Crippen LogP contribution in [0.5, 0.6) is 0 Å². The van der Waals surface area contributed by atoms with Gasteiger partial charge in [0.2, 0.25) is 0 Å². The summed E-state index contributed by atoms with van der Waals surface area (Å²) in [6.07, 6.45) is 3.70. The van der Waals surface area contributed by atoms with Gasteiger partial charge in [-0.05, 0) is 24.7 Å². The summed E-state index contributed by atoms with van der Waals surface area (Å²) in [5.41, 5.74) is 0. The molecule has 1 rings (SSSR count). The molecule has 1 aliphatic rings. The molecule has 0 spiro atoms. The van der Waals surface area contributed by atoms with Crippen LogP contribution in [0, 0.1) is 11.8 Å². The zero-order chi connectivity index (χ0) is 6.85. The van der Waals surface area contributed by atoms with E-state index in [1.165, 1.54) is 19.3 Å². The van der Waals surface area contributed by atoms with E-state index >= 15 is 0 Å². The molecule has 55 valence electrons. The first-order valence-electron chi connectivity index (χ1n) is 3.90. The molecule has 0 saturated heterocycles. The van der Waals surface area contributed by atoms with Crippen molar-refractivity contribution in [1.82, 2.24) is 0 Å². The summed E-state index contributed by atoms with van der Waals surface area (Å²) < 4.78 is 0. The fraction of sp³-hybridized carbons (Fsp3) is 1.00. The molecule has 1 fully saturated rings. The normalized spacial score (nSPS) is 40.5. The average Bonchev–Trinajstić information content (AvgIpc) is 1.83. The van der Waals surface area contributed by atoms with Crippen LogP contribution >= 0.6 is 0 Å². The first kappa shape index (κ1) is 10.6. The molecule has 0 amide bonds. The van der Waals surface area contributed by atoms with Crippen LogP contribution in [0.1, 0.15) is 33.1 Å². The monoisotopic (exact) mass is 135 g/mol. The largest absolute Gasteiger partial charge is 0.393 e. The third-order valence-electron chi connectivity index (χ3n) is 2.48. The van der Waals surface area contributed by atoms with E-state index in [-0.39, 0.29) is 25.0 Å². The molecule has 1 N–H and O–H groups in total. The van der Waals surface area contributed by atoms with Gasteiger partial charge in [-0.3, -0.25) is 0 Å². The zero-order valence-electron chi connectivity index (χ0n) is 7.30. The van der Waals surface area contributed by atoms with Gasteiger partial charge in [0, 0.05) is 18.9 Å². The Morgan fingerprint density at radius 2 is 1.50 bits per heavy atom. The van der Waals surface area contributed by atoms with Gasteiger partial charge in [-0.2, -0.15) is 0 Å². The quantitative estimate of drug-likeness (QED) is 0.498. The summed E-state index contributed by atoms with van der Waals surface area (Å²) in [6.45, 7) is 4.28. The van der Waals surface area contributed by atoms with Gasteiger partial charge in [0.1, 0.15) is 0 Å². The van der Waals surface area contributed by atoms with Gasteiger partial charge >= 0.3 is 0 Å². The summed E-state index contributed by atoms with van der Waals surface area (Å²) in [5, 5.41) is 9.45. The molecule has 2 heteroatoms. The summed E-state index contributed by atoms with van der Waals surface area (Å²) in [5.74, 6) is 1.07. The molecule has 1 aliphatic carbocycles. The summed E-state index contributed by atoms with van der Waals surface area (Å²) in [4.78, 5) is 0. The van der Waals surface area contributed by atoms with Gasteiger partial charge in [0.05, 0.1) is 6.10 Å². The van der Waals surface area contributed by atoms with Gasteiger partial charge in [-0.15, -0.1) is 0 Å². The molecule has 1 radical (unpaired) electrons. The Morgan fingerprint density at radius 3 is 1.80 bits per heavy atom. The van der Waals surface area contributed by atoms with Crippen LogP contribution in [0.25, 0.3) is 0 Å². The molecule has 0 bridgehead atoms. The zero-order valence-corrected chi connectivity index (χ0v) is 7.30. The standard InChI is InChI=1S/C8H16O.Li/c1-6-4-3-5-7(2)8(6)9;/h6-9H,3-5H2,1-2H3;. The average molecular weight is 135 g/mol. The molecular formula is C8H16LiO. The number of aliphatic hydroxyl groups is 1. The second-order valence-corrected chi connectivity index (χ2v) is 3.38. The van der Waals surface area contributed by atoms with Crippen LogP contribution in [0.3, 0.4) is 0 Å². The smallest absolute Gasteiger partial charge is 0.0591 e. The Bertz CT molecular complexity index is 85.3.